The van der Waals surface area contributed by atoms with Crippen LogP contribution in [-0.2, 0) is 14.0 Å². The zero-order valence-electron chi connectivity index (χ0n) is 18.2. The van der Waals surface area contributed by atoms with E-state index in [1.807, 2.05) is 20.8 Å². The Balaban J connectivity index is 1.64. The van der Waals surface area contributed by atoms with Crippen LogP contribution < -0.4 is 5.46 Å². The highest BCUT2D eigenvalue weighted by atomic mass is 16.7. The van der Waals surface area contributed by atoms with Crippen molar-refractivity contribution in [3.63, 3.8) is 0 Å². The van der Waals surface area contributed by atoms with Crippen molar-refractivity contribution in [3.05, 3.63) is 35.9 Å². The van der Waals surface area contributed by atoms with Gasteiger partial charge < -0.3 is 18.9 Å². The first-order chi connectivity index (χ1) is 12.9. The molecule has 2 heterocycles. The molecule has 1 aromatic rings. The fraction of sp³-hybridized carbons (Fsp3) is 0.591. The van der Waals surface area contributed by atoms with Gasteiger partial charge in [0.2, 0.25) is 0 Å². The Kier molecular flexibility index (Phi) is 5.41. The first-order valence-electron chi connectivity index (χ1n) is 10.0. The first-order valence-corrected chi connectivity index (χ1v) is 10.0. The summed E-state index contributed by atoms with van der Waals surface area (Å²) in [6.07, 6.45) is 2.67. The van der Waals surface area contributed by atoms with Crippen molar-refractivity contribution < 1.29 is 18.8 Å². The van der Waals surface area contributed by atoms with Gasteiger partial charge in [-0.2, -0.15) is 0 Å². The van der Waals surface area contributed by atoms with E-state index in [9.17, 15) is 4.79 Å². The molecule has 0 unspecified atom stereocenters. The van der Waals surface area contributed by atoms with Crippen LogP contribution in [0.15, 0.2) is 30.3 Å². The zero-order valence-corrected chi connectivity index (χ0v) is 18.2. The summed E-state index contributed by atoms with van der Waals surface area (Å²) in [6.45, 7) is 15.1. The van der Waals surface area contributed by atoms with Gasteiger partial charge in [-0.25, -0.2) is 4.79 Å². The Labute approximate surface area is 169 Å². The van der Waals surface area contributed by atoms with E-state index in [4.69, 9.17) is 14.0 Å². The lowest BCUT2D eigenvalue weighted by Gasteiger charge is -2.32. The van der Waals surface area contributed by atoms with Crippen molar-refractivity contribution in [2.45, 2.75) is 71.7 Å². The van der Waals surface area contributed by atoms with E-state index < -0.39 is 5.60 Å². The molecular formula is C22H32BNO4. The summed E-state index contributed by atoms with van der Waals surface area (Å²) in [5, 5.41) is 0. The molecule has 0 N–H and O–H groups in total. The van der Waals surface area contributed by atoms with Gasteiger partial charge in [0.15, 0.2) is 0 Å². The molecule has 2 aliphatic heterocycles. The van der Waals surface area contributed by atoms with Crippen LogP contribution in [-0.4, -0.2) is 48.0 Å². The van der Waals surface area contributed by atoms with Crippen LogP contribution in [0.3, 0.4) is 0 Å². The van der Waals surface area contributed by atoms with Crippen LogP contribution in [0.2, 0.25) is 0 Å². The second kappa shape index (κ2) is 7.23. The largest absolute Gasteiger partial charge is 0.494 e. The van der Waals surface area contributed by atoms with Gasteiger partial charge in [-0.05, 0) is 71.5 Å². The third-order valence-corrected chi connectivity index (χ3v) is 5.67. The molecule has 1 fully saturated rings. The summed E-state index contributed by atoms with van der Waals surface area (Å²) in [5.41, 5.74) is 2.30. The third-order valence-electron chi connectivity index (χ3n) is 5.67. The molecule has 0 spiro atoms. The van der Waals surface area contributed by atoms with Crippen molar-refractivity contribution in [2.75, 3.05) is 13.1 Å². The van der Waals surface area contributed by atoms with E-state index in [0.717, 1.165) is 11.9 Å². The number of amides is 1. The van der Waals surface area contributed by atoms with Crippen molar-refractivity contribution in [3.8, 4) is 0 Å². The normalized spacial score (nSPS) is 21.5. The number of nitrogens with zero attached hydrogens (tertiary/aromatic N) is 1. The van der Waals surface area contributed by atoms with Crippen LogP contribution in [0.5, 0.6) is 0 Å². The highest BCUT2D eigenvalue weighted by molar-refractivity contribution is 6.62. The Morgan fingerprint density at radius 2 is 1.64 bits per heavy atom. The van der Waals surface area contributed by atoms with Crippen molar-refractivity contribution in [1.82, 2.24) is 4.90 Å². The maximum Gasteiger partial charge on any atom is 0.494 e. The molecule has 0 radical (unpaired) electrons. The molecule has 0 aromatic heterocycles. The van der Waals surface area contributed by atoms with Crippen LogP contribution in [0.25, 0.3) is 5.57 Å². The number of hydrogen-bond acceptors (Lipinski definition) is 4. The second-order valence-electron chi connectivity index (χ2n) is 9.62. The van der Waals surface area contributed by atoms with Crippen molar-refractivity contribution >= 4 is 24.2 Å². The molecule has 1 aromatic carbocycles. The van der Waals surface area contributed by atoms with Gasteiger partial charge in [-0.1, -0.05) is 30.3 Å². The highest BCUT2D eigenvalue weighted by Gasteiger charge is 2.51. The molecule has 1 saturated heterocycles. The van der Waals surface area contributed by atoms with E-state index >= 15 is 0 Å². The monoisotopic (exact) mass is 385 g/mol. The molecule has 28 heavy (non-hydrogen) atoms. The summed E-state index contributed by atoms with van der Waals surface area (Å²) >= 11 is 0. The van der Waals surface area contributed by atoms with Crippen LogP contribution in [0.1, 0.15) is 60.5 Å². The minimum Gasteiger partial charge on any atom is -0.444 e. The third kappa shape index (κ3) is 4.44. The van der Waals surface area contributed by atoms with E-state index in [0.29, 0.717) is 13.1 Å². The average Bonchev–Trinajstić information content (AvgIpc) is 2.81. The number of benzene rings is 1. The topological polar surface area (TPSA) is 48.0 Å². The van der Waals surface area contributed by atoms with Crippen molar-refractivity contribution in [1.29, 1.82) is 0 Å². The quantitative estimate of drug-likeness (QED) is 0.722. The Morgan fingerprint density at radius 1 is 1.07 bits per heavy atom. The SMILES string of the molecule is CC(C)(C)OC(=O)N1CC=C(c2ccc(B3OC(C)(C)C(C)(C)O3)cc2)CC1. The molecule has 0 bridgehead atoms. The first kappa shape index (κ1) is 20.9. The molecule has 6 heteroatoms. The fourth-order valence-corrected chi connectivity index (χ4v) is 3.26. The lowest BCUT2D eigenvalue weighted by Crippen LogP contribution is -2.41. The minimum absolute atomic E-state index is 0.251. The number of carbonyl (C=O) groups excluding carboxylic acids is 1. The average molecular weight is 385 g/mol. The van der Waals surface area contributed by atoms with E-state index in [1.165, 1.54) is 11.1 Å². The zero-order chi connectivity index (χ0) is 20.7. The molecule has 152 valence electrons. The fourth-order valence-electron chi connectivity index (χ4n) is 3.26. The predicted molar refractivity (Wildman–Crippen MR) is 113 cm³/mol. The second-order valence-corrected chi connectivity index (χ2v) is 9.62. The van der Waals surface area contributed by atoms with Crippen LogP contribution in [0, 0.1) is 0 Å². The predicted octanol–water partition coefficient (Wildman–Crippen LogP) is 4.01. The minimum atomic E-state index is -0.468. The van der Waals surface area contributed by atoms with Gasteiger partial charge in [-0.15, -0.1) is 0 Å². The summed E-state index contributed by atoms with van der Waals surface area (Å²) in [4.78, 5) is 13.9. The summed E-state index contributed by atoms with van der Waals surface area (Å²) < 4.78 is 17.7. The molecule has 0 saturated carbocycles. The highest BCUT2D eigenvalue weighted by Crippen LogP contribution is 2.36. The number of hydrogen-bond donors (Lipinski definition) is 0. The molecule has 0 atom stereocenters. The molecule has 0 aliphatic carbocycles. The van der Waals surface area contributed by atoms with Crippen LogP contribution in [0.4, 0.5) is 4.79 Å². The Hall–Kier alpha value is -1.79. The van der Waals surface area contributed by atoms with E-state index in [1.54, 1.807) is 4.90 Å². The maximum absolute atomic E-state index is 12.2. The molecular weight excluding hydrogens is 353 g/mol. The van der Waals surface area contributed by atoms with Gasteiger partial charge in [0.25, 0.3) is 0 Å². The Bertz CT molecular complexity index is 746. The summed E-state index contributed by atoms with van der Waals surface area (Å²) in [6, 6.07) is 8.35. The summed E-state index contributed by atoms with van der Waals surface area (Å²) in [7, 11) is -0.345. The van der Waals surface area contributed by atoms with Gasteiger partial charge >= 0.3 is 13.2 Å². The number of rotatable bonds is 2. The van der Waals surface area contributed by atoms with Gasteiger partial charge in [0, 0.05) is 13.1 Å². The van der Waals surface area contributed by atoms with Gasteiger partial charge in [0.1, 0.15) is 5.60 Å². The van der Waals surface area contributed by atoms with E-state index in [-0.39, 0.29) is 24.4 Å². The van der Waals surface area contributed by atoms with Crippen LogP contribution >= 0.6 is 0 Å². The molecule has 3 rings (SSSR count). The lowest BCUT2D eigenvalue weighted by atomic mass is 9.78. The molecule has 2 aliphatic rings. The molecule has 1 amide bonds. The number of ether oxygens (including phenoxy) is 1. The summed E-state index contributed by atoms with van der Waals surface area (Å²) in [5.74, 6) is 0. The van der Waals surface area contributed by atoms with Gasteiger partial charge in [0.05, 0.1) is 11.2 Å². The number of carbonyl (C=O) groups is 1. The van der Waals surface area contributed by atoms with Gasteiger partial charge in [-0.3, -0.25) is 0 Å². The van der Waals surface area contributed by atoms with Crippen molar-refractivity contribution in [2.24, 2.45) is 0 Å². The van der Waals surface area contributed by atoms with E-state index in [2.05, 4.69) is 58.0 Å². The maximum atomic E-state index is 12.2. The molecule has 5 nitrogen and oxygen atoms in total. The smallest absolute Gasteiger partial charge is 0.444 e. The standard InChI is InChI=1S/C22H32BNO4/c1-20(2,3)26-19(25)24-14-12-17(13-15-24)16-8-10-18(11-9-16)23-27-21(4,5)22(6,7)28-23/h8-12H,13-15H2,1-7H3. The Morgan fingerprint density at radius 3 is 2.11 bits per heavy atom. The lowest BCUT2D eigenvalue weighted by molar-refractivity contribution is 0.00578.